The van der Waals surface area contributed by atoms with E-state index in [9.17, 15) is 14.0 Å². The van der Waals surface area contributed by atoms with Gasteiger partial charge in [0.1, 0.15) is 11.2 Å². The van der Waals surface area contributed by atoms with Crippen LogP contribution in [0.3, 0.4) is 0 Å². The van der Waals surface area contributed by atoms with Gasteiger partial charge in [-0.15, -0.1) is 11.8 Å². The maximum absolute atomic E-state index is 13.3. The smallest absolute Gasteiger partial charge is 0.308 e. The first-order valence-corrected chi connectivity index (χ1v) is 11.0. The number of amides is 3. The second kappa shape index (κ2) is 8.89. The Morgan fingerprint density at radius 3 is 2.37 bits per heavy atom. The summed E-state index contributed by atoms with van der Waals surface area (Å²) in [5.74, 6) is -0.0529. The van der Waals surface area contributed by atoms with E-state index in [0.29, 0.717) is 22.8 Å². The summed E-state index contributed by atoms with van der Waals surface area (Å²) in [6.07, 6.45) is 0. The molecule has 0 radical (unpaired) electrons. The highest BCUT2D eigenvalue weighted by atomic mass is 79.9. The third-order valence-corrected chi connectivity index (χ3v) is 6.19. The van der Waals surface area contributed by atoms with Crippen molar-refractivity contribution in [2.75, 3.05) is 21.3 Å². The fraction of sp³-hybridized carbons (Fsp3) is 0.0909. The van der Waals surface area contributed by atoms with Gasteiger partial charge < -0.3 is 10.6 Å². The van der Waals surface area contributed by atoms with Crippen LogP contribution in [0.2, 0.25) is 0 Å². The first kappa shape index (κ1) is 20.4. The van der Waals surface area contributed by atoms with E-state index in [1.165, 1.54) is 23.9 Å². The fourth-order valence-electron chi connectivity index (χ4n) is 3.18. The van der Waals surface area contributed by atoms with Gasteiger partial charge in [-0.25, -0.2) is 9.18 Å². The zero-order valence-electron chi connectivity index (χ0n) is 15.6. The Labute approximate surface area is 185 Å². The molecular formula is C22H17BrFN3O2S. The lowest BCUT2D eigenvalue weighted by Crippen LogP contribution is -2.27. The molecule has 152 valence electrons. The Kier molecular flexibility index (Phi) is 6.06. The number of rotatable bonds is 4. The average Bonchev–Trinajstić information content (AvgIpc) is 3.10. The van der Waals surface area contributed by atoms with Crippen LogP contribution >= 0.6 is 27.7 Å². The van der Waals surface area contributed by atoms with Gasteiger partial charge in [-0.1, -0.05) is 34.1 Å². The summed E-state index contributed by atoms with van der Waals surface area (Å²) in [6, 6.07) is 20.2. The molecule has 4 rings (SSSR count). The van der Waals surface area contributed by atoms with Crippen molar-refractivity contribution in [3.8, 4) is 0 Å². The number of thioether (sulfide) groups is 1. The molecule has 1 heterocycles. The van der Waals surface area contributed by atoms with E-state index in [0.717, 1.165) is 10.0 Å². The van der Waals surface area contributed by atoms with Crippen molar-refractivity contribution in [3.63, 3.8) is 0 Å². The van der Waals surface area contributed by atoms with Crippen LogP contribution in [0.4, 0.5) is 26.2 Å². The SMILES string of the molecule is O=C(Nc1cccc(Br)c1)Nc1cccc(C2SCC(=O)N2c2ccc(F)cc2)c1. The Bertz CT molecular complexity index is 1090. The Morgan fingerprint density at radius 1 is 1.00 bits per heavy atom. The number of anilines is 3. The molecule has 2 N–H and O–H groups in total. The summed E-state index contributed by atoms with van der Waals surface area (Å²) in [4.78, 5) is 26.5. The van der Waals surface area contributed by atoms with Crippen LogP contribution in [0.15, 0.2) is 77.3 Å². The molecule has 0 aliphatic carbocycles. The number of hydrogen-bond acceptors (Lipinski definition) is 3. The van der Waals surface area contributed by atoms with Crippen molar-refractivity contribution in [1.29, 1.82) is 0 Å². The first-order valence-electron chi connectivity index (χ1n) is 9.12. The van der Waals surface area contributed by atoms with Crippen LogP contribution in [0.1, 0.15) is 10.9 Å². The van der Waals surface area contributed by atoms with Gasteiger partial charge in [-0.2, -0.15) is 0 Å². The monoisotopic (exact) mass is 485 g/mol. The van der Waals surface area contributed by atoms with Crippen molar-refractivity contribution in [2.24, 2.45) is 0 Å². The molecule has 0 bridgehead atoms. The van der Waals surface area contributed by atoms with Gasteiger partial charge >= 0.3 is 6.03 Å². The first-order chi connectivity index (χ1) is 14.5. The largest absolute Gasteiger partial charge is 0.323 e. The number of carbonyl (C=O) groups is 2. The van der Waals surface area contributed by atoms with Crippen molar-refractivity contribution in [1.82, 2.24) is 0 Å². The summed E-state index contributed by atoms with van der Waals surface area (Å²) in [6.45, 7) is 0. The van der Waals surface area contributed by atoms with E-state index in [1.807, 2.05) is 30.3 Å². The molecule has 30 heavy (non-hydrogen) atoms. The topological polar surface area (TPSA) is 61.4 Å². The predicted octanol–water partition coefficient (Wildman–Crippen LogP) is 6.01. The minimum absolute atomic E-state index is 0.0395. The molecule has 0 spiro atoms. The van der Waals surface area contributed by atoms with Crippen molar-refractivity contribution in [3.05, 3.63) is 88.6 Å². The van der Waals surface area contributed by atoms with Crippen LogP contribution in [0, 0.1) is 5.82 Å². The fourth-order valence-corrected chi connectivity index (χ4v) is 4.75. The van der Waals surface area contributed by atoms with Gasteiger partial charge in [-0.05, 0) is 60.2 Å². The molecule has 1 fully saturated rings. The van der Waals surface area contributed by atoms with Gasteiger partial charge in [-0.3, -0.25) is 9.69 Å². The average molecular weight is 486 g/mol. The lowest BCUT2D eigenvalue weighted by atomic mass is 10.1. The molecule has 3 aromatic carbocycles. The van der Waals surface area contributed by atoms with E-state index < -0.39 is 0 Å². The molecule has 1 saturated heterocycles. The van der Waals surface area contributed by atoms with E-state index in [1.54, 1.807) is 35.2 Å². The van der Waals surface area contributed by atoms with E-state index in [-0.39, 0.29) is 23.1 Å². The number of nitrogens with zero attached hydrogens (tertiary/aromatic N) is 1. The molecule has 0 saturated carbocycles. The number of urea groups is 1. The zero-order chi connectivity index (χ0) is 21.1. The molecule has 5 nitrogen and oxygen atoms in total. The maximum atomic E-state index is 13.3. The van der Waals surface area contributed by atoms with Gasteiger partial charge in [0.2, 0.25) is 5.91 Å². The van der Waals surface area contributed by atoms with Crippen molar-refractivity contribution in [2.45, 2.75) is 5.37 Å². The van der Waals surface area contributed by atoms with Crippen LogP contribution in [0.5, 0.6) is 0 Å². The minimum Gasteiger partial charge on any atom is -0.308 e. The van der Waals surface area contributed by atoms with Gasteiger partial charge in [0.25, 0.3) is 0 Å². The van der Waals surface area contributed by atoms with Crippen LogP contribution in [-0.4, -0.2) is 17.7 Å². The third-order valence-electron chi connectivity index (χ3n) is 4.48. The lowest BCUT2D eigenvalue weighted by Gasteiger charge is -2.24. The van der Waals surface area contributed by atoms with Gasteiger partial charge in [0.05, 0.1) is 5.75 Å². The maximum Gasteiger partial charge on any atom is 0.323 e. The van der Waals surface area contributed by atoms with Gasteiger partial charge in [0, 0.05) is 21.5 Å². The second-order valence-corrected chi connectivity index (χ2v) is 8.60. The standard InChI is InChI=1S/C22H17BrFN3O2S/c23-15-4-2-6-18(12-15)26-22(29)25-17-5-1-3-14(11-17)21-27(20(28)13-30-21)19-9-7-16(24)8-10-19/h1-12,21H,13H2,(H2,25,26,29). The minimum atomic E-state index is -0.365. The molecule has 0 aromatic heterocycles. The highest BCUT2D eigenvalue weighted by molar-refractivity contribution is 9.10. The number of halogens is 2. The Hall–Kier alpha value is -2.84. The normalized spacial score (nSPS) is 15.9. The van der Waals surface area contributed by atoms with Gasteiger partial charge in [0.15, 0.2) is 0 Å². The molecule has 1 atom stereocenters. The third kappa shape index (κ3) is 4.66. The summed E-state index contributed by atoms with van der Waals surface area (Å²) in [7, 11) is 0. The van der Waals surface area contributed by atoms with E-state index in [4.69, 9.17) is 0 Å². The zero-order valence-corrected chi connectivity index (χ0v) is 18.0. The van der Waals surface area contributed by atoms with Crippen LogP contribution < -0.4 is 15.5 Å². The van der Waals surface area contributed by atoms with Crippen molar-refractivity contribution < 1.29 is 14.0 Å². The van der Waals surface area contributed by atoms with Crippen LogP contribution in [0.25, 0.3) is 0 Å². The Morgan fingerprint density at radius 2 is 1.67 bits per heavy atom. The number of nitrogens with one attached hydrogen (secondary N) is 2. The summed E-state index contributed by atoms with van der Waals surface area (Å²) in [5, 5.41) is 5.35. The quantitative estimate of drug-likeness (QED) is 0.475. The van der Waals surface area contributed by atoms with E-state index >= 15 is 0 Å². The highest BCUT2D eigenvalue weighted by Gasteiger charge is 2.34. The number of carbonyl (C=O) groups excluding carboxylic acids is 2. The molecule has 1 unspecified atom stereocenters. The summed E-state index contributed by atoms with van der Waals surface area (Å²) >= 11 is 4.86. The van der Waals surface area contributed by atoms with Crippen LogP contribution in [-0.2, 0) is 4.79 Å². The molecular weight excluding hydrogens is 469 g/mol. The highest BCUT2D eigenvalue weighted by Crippen LogP contribution is 2.42. The number of benzene rings is 3. The number of hydrogen-bond donors (Lipinski definition) is 2. The summed E-state index contributed by atoms with van der Waals surface area (Å²) in [5.41, 5.74) is 2.79. The van der Waals surface area contributed by atoms with E-state index in [2.05, 4.69) is 26.6 Å². The predicted molar refractivity (Wildman–Crippen MR) is 122 cm³/mol. The second-order valence-electron chi connectivity index (χ2n) is 6.62. The van der Waals surface area contributed by atoms with Crippen molar-refractivity contribution >= 4 is 56.7 Å². The molecule has 1 aliphatic heterocycles. The lowest BCUT2D eigenvalue weighted by molar-refractivity contribution is -0.115. The molecule has 3 aromatic rings. The Balaban J connectivity index is 1.51. The molecule has 3 amide bonds. The summed E-state index contributed by atoms with van der Waals surface area (Å²) < 4.78 is 14.2. The molecule has 1 aliphatic rings. The molecule has 8 heteroatoms.